The largest absolute Gasteiger partial charge is 0.393 e. The summed E-state index contributed by atoms with van der Waals surface area (Å²) in [6.07, 6.45) is 1.54. The maximum absolute atomic E-state index is 6.24. The molecule has 0 bridgehead atoms. The van der Waals surface area contributed by atoms with Gasteiger partial charge in [0.15, 0.2) is 11.6 Å². The molecular weight excluding hydrogens is 266 g/mol. The lowest BCUT2D eigenvalue weighted by Crippen LogP contribution is -2.37. The van der Waals surface area contributed by atoms with Gasteiger partial charge in [0.2, 0.25) is 0 Å². The summed E-state index contributed by atoms with van der Waals surface area (Å²) in [6.45, 7) is 5.03. The summed E-state index contributed by atoms with van der Waals surface area (Å²) in [6, 6.07) is 8.03. The Morgan fingerprint density at radius 1 is 1.19 bits per heavy atom. The summed E-state index contributed by atoms with van der Waals surface area (Å²) >= 11 is 0. The SMILES string of the molecule is Cc1ccccc1Nc1ncnc(N2CCOCC2)c1N. The van der Waals surface area contributed by atoms with Crippen LogP contribution < -0.4 is 16.0 Å². The van der Waals surface area contributed by atoms with E-state index in [0.29, 0.717) is 24.7 Å². The second-order valence-electron chi connectivity index (χ2n) is 5.00. The fourth-order valence-corrected chi connectivity index (χ4v) is 2.35. The number of nitrogens with one attached hydrogen (secondary N) is 1. The summed E-state index contributed by atoms with van der Waals surface area (Å²) in [5, 5.41) is 3.29. The molecule has 0 radical (unpaired) electrons. The number of anilines is 4. The van der Waals surface area contributed by atoms with E-state index in [4.69, 9.17) is 10.5 Å². The number of rotatable bonds is 3. The van der Waals surface area contributed by atoms with Crippen molar-refractivity contribution in [3.05, 3.63) is 36.2 Å². The average molecular weight is 285 g/mol. The minimum Gasteiger partial charge on any atom is -0.393 e. The summed E-state index contributed by atoms with van der Waals surface area (Å²) < 4.78 is 5.36. The van der Waals surface area contributed by atoms with Crippen LogP contribution in [0, 0.1) is 6.92 Å². The third-order valence-electron chi connectivity index (χ3n) is 3.57. The van der Waals surface area contributed by atoms with Crippen molar-refractivity contribution in [3.8, 4) is 0 Å². The molecule has 0 saturated carbocycles. The first-order chi connectivity index (χ1) is 10.3. The highest BCUT2D eigenvalue weighted by atomic mass is 16.5. The van der Waals surface area contributed by atoms with Crippen LogP contribution in [0.2, 0.25) is 0 Å². The topological polar surface area (TPSA) is 76.3 Å². The highest BCUT2D eigenvalue weighted by Crippen LogP contribution is 2.29. The summed E-state index contributed by atoms with van der Waals surface area (Å²) in [5.74, 6) is 1.41. The molecule has 1 aliphatic heterocycles. The first-order valence-electron chi connectivity index (χ1n) is 7.01. The van der Waals surface area contributed by atoms with Crippen LogP contribution in [-0.4, -0.2) is 36.3 Å². The first-order valence-corrected chi connectivity index (χ1v) is 7.01. The van der Waals surface area contributed by atoms with Crippen molar-refractivity contribution in [2.75, 3.05) is 42.3 Å². The minimum absolute atomic E-state index is 0.572. The van der Waals surface area contributed by atoms with E-state index in [0.717, 1.165) is 30.2 Å². The van der Waals surface area contributed by atoms with Gasteiger partial charge in [-0.2, -0.15) is 0 Å². The van der Waals surface area contributed by atoms with E-state index < -0.39 is 0 Å². The lowest BCUT2D eigenvalue weighted by molar-refractivity contribution is 0.122. The van der Waals surface area contributed by atoms with E-state index in [2.05, 4.69) is 20.2 Å². The van der Waals surface area contributed by atoms with Gasteiger partial charge in [-0.1, -0.05) is 18.2 Å². The predicted molar refractivity (Wildman–Crippen MR) is 83.9 cm³/mol. The quantitative estimate of drug-likeness (QED) is 0.897. The summed E-state index contributed by atoms with van der Waals surface area (Å²) in [5.41, 5.74) is 8.95. The van der Waals surface area contributed by atoms with Crippen molar-refractivity contribution in [1.29, 1.82) is 0 Å². The van der Waals surface area contributed by atoms with Crippen molar-refractivity contribution in [1.82, 2.24) is 9.97 Å². The highest BCUT2D eigenvalue weighted by molar-refractivity contribution is 5.78. The van der Waals surface area contributed by atoms with Gasteiger partial charge in [-0.25, -0.2) is 9.97 Å². The van der Waals surface area contributed by atoms with Crippen LogP contribution in [0.1, 0.15) is 5.56 Å². The number of aromatic nitrogens is 2. The number of nitrogens with zero attached hydrogens (tertiary/aromatic N) is 3. The van der Waals surface area contributed by atoms with Crippen LogP contribution in [0.3, 0.4) is 0 Å². The number of ether oxygens (including phenoxy) is 1. The monoisotopic (exact) mass is 285 g/mol. The Labute approximate surface area is 124 Å². The number of aryl methyl sites for hydroxylation is 1. The molecule has 0 amide bonds. The second kappa shape index (κ2) is 5.97. The van der Waals surface area contributed by atoms with Crippen LogP contribution in [-0.2, 0) is 4.74 Å². The lowest BCUT2D eigenvalue weighted by Gasteiger charge is -2.29. The average Bonchev–Trinajstić information content (AvgIpc) is 2.52. The fraction of sp³-hybridized carbons (Fsp3) is 0.333. The van der Waals surface area contributed by atoms with Crippen LogP contribution in [0.5, 0.6) is 0 Å². The summed E-state index contributed by atoms with van der Waals surface area (Å²) in [4.78, 5) is 10.7. The Morgan fingerprint density at radius 2 is 1.95 bits per heavy atom. The standard InChI is InChI=1S/C15H19N5O/c1-11-4-2-3-5-12(11)19-14-13(16)15(18-10-17-14)20-6-8-21-9-7-20/h2-5,10H,6-9,16H2,1H3,(H,17,18,19). The van der Waals surface area contributed by atoms with Gasteiger partial charge in [0, 0.05) is 18.8 Å². The van der Waals surface area contributed by atoms with Crippen molar-refractivity contribution < 1.29 is 4.74 Å². The maximum atomic E-state index is 6.24. The van der Waals surface area contributed by atoms with Crippen molar-refractivity contribution in [2.24, 2.45) is 0 Å². The molecule has 0 unspecified atom stereocenters. The zero-order chi connectivity index (χ0) is 14.7. The molecule has 3 rings (SSSR count). The number of para-hydroxylation sites is 1. The van der Waals surface area contributed by atoms with E-state index in [-0.39, 0.29) is 0 Å². The molecular formula is C15H19N5O. The van der Waals surface area contributed by atoms with Crippen molar-refractivity contribution in [3.63, 3.8) is 0 Å². The molecule has 3 N–H and O–H groups in total. The van der Waals surface area contributed by atoms with Gasteiger partial charge in [0.05, 0.1) is 13.2 Å². The molecule has 110 valence electrons. The molecule has 2 aromatic rings. The smallest absolute Gasteiger partial charge is 0.159 e. The Morgan fingerprint density at radius 3 is 2.71 bits per heavy atom. The maximum Gasteiger partial charge on any atom is 0.159 e. The van der Waals surface area contributed by atoms with Crippen molar-refractivity contribution >= 4 is 23.0 Å². The first kappa shape index (κ1) is 13.6. The van der Waals surface area contributed by atoms with Crippen LogP contribution >= 0.6 is 0 Å². The number of hydrogen-bond donors (Lipinski definition) is 2. The number of hydrogen-bond acceptors (Lipinski definition) is 6. The van der Waals surface area contributed by atoms with Gasteiger partial charge < -0.3 is 20.7 Å². The number of morpholine rings is 1. The molecule has 1 aromatic carbocycles. The van der Waals surface area contributed by atoms with E-state index >= 15 is 0 Å². The van der Waals surface area contributed by atoms with Gasteiger partial charge in [0.25, 0.3) is 0 Å². The number of benzene rings is 1. The molecule has 1 aromatic heterocycles. The third kappa shape index (κ3) is 2.90. The molecule has 1 fully saturated rings. The molecule has 2 heterocycles. The molecule has 0 atom stereocenters. The zero-order valence-electron chi connectivity index (χ0n) is 12.0. The Hall–Kier alpha value is -2.34. The molecule has 1 aliphatic rings. The Bertz CT molecular complexity index is 625. The predicted octanol–water partition coefficient (Wildman–Crippen LogP) is 1.95. The Kier molecular flexibility index (Phi) is 3.87. The lowest BCUT2D eigenvalue weighted by atomic mass is 10.2. The van der Waals surface area contributed by atoms with Gasteiger partial charge >= 0.3 is 0 Å². The minimum atomic E-state index is 0.572. The normalized spacial score (nSPS) is 15.0. The van der Waals surface area contributed by atoms with Gasteiger partial charge in [0.1, 0.15) is 12.0 Å². The summed E-state index contributed by atoms with van der Waals surface area (Å²) in [7, 11) is 0. The Balaban J connectivity index is 1.88. The zero-order valence-corrected chi connectivity index (χ0v) is 12.0. The van der Waals surface area contributed by atoms with E-state index in [1.165, 1.54) is 0 Å². The molecule has 0 spiro atoms. The second-order valence-corrected chi connectivity index (χ2v) is 5.00. The van der Waals surface area contributed by atoms with Crippen molar-refractivity contribution in [2.45, 2.75) is 6.92 Å². The van der Waals surface area contributed by atoms with Gasteiger partial charge in [-0.05, 0) is 18.6 Å². The fourth-order valence-electron chi connectivity index (χ4n) is 2.35. The molecule has 6 heteroatoms. The van der Waals surface area contributed by atoms with Crippen LogP contribution in [0.25, 0.3) is 0 Å². The number of nitrogen functional groups attached to an aromatic ring is 1. The molecule has 6 nitrogen and oxygen atoms in total. The third-order valence-corrected chi connectivity index (χ3v) is 3.57. The van der Waals surface area contributed by atoms with E-state index in [1.54, 1.807) is 6.33 Å². The van der Waals surface area contributed by atoms with Crippen LogP contribution in [0.4, 0.5) is 23.0 Å². The molecule has 1 saturated heterocycles. The van der Waals surface area contributed by atoms with Gasteiger partial charge in [-0.3, -0.25) is 0 Å². The highest BCUT2D eigenvalue weighted by Gasteiger charge is 2.17. The van der Waals surface area contributed by atoms with E-state index in [1.807, 2.05) is 31.2 Å². The van der Waals surface area contributed by atoms with E-state index in [9.17, 15) is 0 Å². The number of nitrogens with two attached hydrogens (primary N) is 1. The molecule has 0 aliphatic carbocycles. The van der Waals surface area contributed by atoms with Gasteiger partial charge in [-0.15, -0.1) is 0 Å². The molecule has 21 heavy (non-hydrogen) atoms. The van der Waals surface area contributed by atoms with Crippen LogP contribution in [0.15, 0.2) is 30.6 Å².